The molecular formula is C22H21FN2O4S. The summed E-state index contributed by atoms with van der Waals surface area (Å²) in [5.74, 6) is -0.722. The number of anilines is 2. The molecule has 0 aliphatic heterocycles. The Balaban J connectivity index is 1.93. The highest BCUT2D eigenvalue weighted by Gasteiger charge is 2.27. The average molecular weight is 428 g/mol. The van der Waals surface area contributed by atoms with Crippen molar-refractivity contribution in [1.29, 1.82) is 0 Å². The van der Waals surface area contributed by atoms with Gasteiger partial charge in [-0.15, -0.1) is 0 Å². The lowest BCUT2D eigenvalue weighted by atomic mass is 10.2. The Labute approximate surface area is 175 Å². The van der Waals surface area contributed by atoms with Gasteiger partial charge in [0, 0.05) is 0 Å². The lowest BCUT2D eigenvalue weighted by Crippen LogP contribution is -2.38. The number of halogens is 1. The van der Waals surface area contributed by atoms with Crippen molar-refractivity contribution in [2.75, 3.05) is 23.3 Å². The first-order valence-electron chi connectivity index (χ1n) is 9.09. The Bertz CT molecular complexity index is 1130. The van der Waals surface area contributed by atoms with E-state index in [2.05, 4.69) is 5.32 Å². The van der Waals surface area contributed by atoms with E-state index in [0.717, 1.165) is 4.31 Å². The van der Waals surface area contributed by atoms with Crippen LogP contribution in [0.1, 0.15) is 5.56 Å². The molecule has 0 atom stereocenters. The van der Waals surface area contributed by atoms with Crippen molar-refractivity contribution in [3.05, 3.63) is 84.2 Å². The van der Waals surface area contributed by atoms with E-state index in [4.69, 9.17) is 4.74 Å². The fourth-order valence-electron chi connectivity index (χ4n) is 2.82. The third kappa shape index (κ3) is 4.77. The molecule has 0 spiro atoms. The Morgan fingerprint density at radius 3 is 2.30 bits per heavy atom. The maximum atomic E-state index is 14.1. The maximum Gasteiger partial charge on any atom is 0.264 e. The molecule has 156 valence electrons. The lowest BCUT2D eigenvalue weighted by Gasteiger charge is -2.24. The number of aryl methyl sites for hydroxylation is 1. The van der Waals surface area contributed by atoms with Crippen LogP contribution in [0.25, 0.3) is 0 Å². The maximum absolute atomic E-state index is 14.1. The molecule has 1 amide bonds. The summed E-state index contributed by atoms with van der Waals surface area (Å²) in [5, 5.41) is 2.44. The lowest BCUT2D eigenvalue weighted by molar-refractivity contribution is -0.114. The number of benzene rings is 3. The molecule has 3 rings (SSSR count). The minimum absolute atomic E-state index is 0.0163. The predicted octanol–water partition coefficient (Wildman–Crippen LogP) is 3.98. The van der Waals surface area contributed by atoms with Crippen molar-refractivity contribution in [3.8, 4) is 5.75 Å². The molecule has 0 saturated heterocycles. The molecule has 0 aliphatic carbocycles. The molecule has 8 heteroatoms. The van der Waals surface area contributed by atoms with Crippen molar-refractivity contribution in [3.63, 3.8) is 0 Å². The Morgan fingerprint density at radius 1 is 1.03 bits per heavy atom. The van der Waals surface area contributed by atoms with Crippen LogP contribution in [0.15, 0.2) is 77.7 Å². The quantitative estimate of drug-likeness (QED) is 0.618. The number of carbonyl (C=O) groups excluding carboxylic acids is 1. The molecule has 3 aromatic rings. The molecule has 0 aliphatic rings. The van der Waals surface area contributed by atoms with Crippen molar-refractivity contribution in [1.82, 2.24) is 0 Å². The van der Waals surface area contributed by atoms with Crippen LogP contribution in [-0.4, -0.2) is 28.0 Å². The van der Waals surface area contributed by atoms with E-state index in [1.54, 1.807) is 55.5 Å². The van der Waals surface area contributed by atoms with Crippen LogP contribution in [0.5, 0.6) is 5.75 Å². The summed E-state index contributed by atoms with van der Waals surface area (Å²) in [4.78, 5) is 12.7. The standard InChI is InChI=1S/C22H21FN2O4S/c1-16-8-13-21(20(23)14-16)24-22(26)15-25(17-9-11-18(29-2)12-10-17)30(27,28)19-6-4-3-5-7-19/h3-14H,15H2,1-2H3,(H,24,26). The smallest absolute Gasteiger partial charge is 0.264 e. The topological polar surface area (TPSA) is 75.7 Å². The minimum atomic E-state index is -4.04. The molecule has 0 heterocycles. The van der Waals surface area contributed by atoms with Gasteiger partial charge < -0.3 is 10.1 Å². The summed E-state index contributed by atoms with van der Waals surface area (Å²) in [7, 11) is -2.54. The molecular weight excluding hydrogens is 407 g/mol. The number of amides is 1. The van der Waals surface area contributed by atoms with Gasteiger partial charge in [0.05, 0.1) is 23.4 Å². The van der Waals surface area contributed by atoms with Gasteiger partial charge in [-0.25, -0.2) is 12.8 Å². The first-order valence-corrected chi connectivity index (χ1v) is 10.5. The van der Waals surface area contributed by atoms with Gasteiger partial charge in [0.2, 0.25) is 5.91 Å². The zero-order valence-corrected chi connectivity index (χ0v) is 17.3. The number of ether oxygens (including phenoxy) is 1. The molecule has 30 heavy (non-hydrogen) atoms. The monoisotopic (exact) mass is 428 g/mol. The molecule has 0 unspecified atom stereocenters. The molecule has 1 N–H and O–H groups in total. The van der Waals surface area contributed by atoms with Crippen LogP contribution in [0.3, 0.4) is 0 Å². The summed E-state index contributed by atoms with van der Waals surface area (Å²) in [6, 6.07) is 18.4. The van der Waals surface area contributed by atoms with Crippen molar-refractivity contribution < 1.29 is 22.3 Å². The first-order chi connectivity index (χ1) is 14.3. The van der Waals surface area contributed by atoms with Crippen LogP contribution >= 0.6 is 0 Å². The fourth-order valence-corrected chi connectivity index (χ4v) is 4.27. The minimum Gasteiger partial charge on any atom is -0.497 e. The number of nitrogens with one attached hydrogen (secondary N) is 1. The van der Waals surface area contributed by atoms with Gasteiger partial charge in [0.25, 0.3) is 10.0 Å². The van der Waals surface area contributed by atoms with E-state index in [9.17, 15) is 17.6 Å². The van der Waals surface area contributed by atoms with E-state index < -0.39 is 28.3 Å². The number of hydrogen-bond acceptors (Lipinski definition) is 4. The highest BCUT2D eigenvalue weighted by molar-refractivity contribution is 7.92. The summed E-state index contributed by atoms with van der Waals surface area (Å²) in [5.41, 5.74) is 0.966. The second-order valence-corrected chi connectivity index (χ2v) is 8.42. The van der Waals surface area contributed by atoms with E-state index >= 15 is 0 Å². The molecule has 6 nitrogen and oxygen atoms in total. The number of nitrogens with zero attached hydrogens (tertiary/aromatic N) is 1. The first kappa shape index (κ1) is 21.3. The molecule has 0 bridgehead atoms. The number of methoxy groups -OCH3 is 1. The van der Waals surface area contributed by atoms with E-state index in [-0.39, 0.29) is 16.3 Å². The number of carbonyl (C=O) groups is 1. The fraction of sp³-hybridized carbons (Fsp3) is 0.136. The van der Waals surface area contributed by atoms with Gasteiger partial charge in [-0.2, -0.15) is 0 Å². The van der Waals surface area contributed by atoms with E-state index in [0.29, 0.717) is 11.3 Å². The van der Waals surface area contributed by atoms with Crippen molar-refractivity contribution in [2.24, 2.45) is 0 Å². The third-order valence-corrected chi connectivity index (χ3v) is 6.17. The summed E-state index contributed by atoms with van der Waals surface area (Å²) >= 11 is 0. The second-order valence-electron chi connectivity index (χ2n) is 6.55. The number of sulfonamides is 1. The Kier molecular flexibility index (Phi) is 6.37. The van der Waals surface area contributed by atoms with Crippen LogP contribution in [0.2, 0.25) is 0 Å². The number of hydrogen-bond donors (Lipinski definition) is 1. The average Bonchev–Trinajstić information content (AvgIpc) is 2.75. The summed E-state index contributed by atoms with van der Waals surface area (Å²) in [6.45, 7) is 1.20. The summed E-state index contributed by atoms with van der Waals surface area (Å²) < 4.78 is 46.6. The van der Waals surface area contributed by atoms with Gasteiger partial charge in [-0.3, -0.25) is 9.10 Å². The van der Waals surface area contributed by atoms with E-state index in [1.165, 1.54) is 31.4 Å². The normalized spacial score (nSPS) is 11.0. The van der Waals surface area contributed by atoms with Crippen LogP contribution in [-0.2, 0) is 14.8 Å². The summed E-state index contributed by atoms with van der Waals surface area (Å²) in [6.07, 6.45) is 0. The van der Waals surface area contributed by atoms with Crippen LogP contribution < -0.4 is 14.4 Å². The third-order valence-electron chi connectivity index (χ3n) is 4.38. The highest BCUT2D eigenvalue weighted by Crippen LogP contribution is 2.26. The Morgan fingerprint density at radius 2 is 1.70 bits per heavy atom. The molecule has 0 radical (unpaired) electrons. The molecule has 0 aromatic heterocycles. The Hall–Kier alpha value is -3.39. The predicted molar refractivity (Wildman–Crippen MR) is 114 cm³/mol. The van der Waals surface area contributed by atoms with Gasteiger partial charge in [0.1, 0.15) is 18.1 Å². The molecule has 0 fully saturated rings. The van der Waals surface area contributed by atoms with Crippen LogP contribution in [0.4, 0.5) is 15.8 Å². The zero-order valence-electron chi connectivity index (χ0n) is 16.5. The van der Waals surface area contributed by atoms with Gasteiger partial charge >= 0.3 is 0 Å². The van der Waals surface area contributed by atoms with Crippen molar-refractivity contribution >= 4 is 27.3 Å². The van der Waals surface area contributed by atoms with E-state index in [1.807, 2.05) is 0 Å². The van der Waals surface area contributed by atoms with Crippen LogP contribution in [0, 0.1) is 12.7 Å². The van der Waals surface area contributed by atoms with Gasteiger partial charge in [-0.05, 0) is 61.0 Å². The molecule has 0 saturated carbocycles. The largest absolute Gasteiger partial charge is 0.497 e. The van der Waals surface area contributed by atoms with Gasteiger partial charge in [-0.1, -0.05) is 24.3 Å². The van der Waals surface area contributed by atoms with Crippen molar-refractivity contribution in [2.45, 2.75) is 11.8 Å². The zero-order chi connectivity index (χ0) is 21.7. The SMILES string of the molecule is COc1ccc(N(CC(=O)Nc2ccc(C)cc2F)S(=O)(=O)c2ccccc2)cc1. The highest BCUT2D eigenvalue weighted by atomic mass is 32.2. The second kappa shape index (κ2) is 8.96. The van der Waals surface area contributed by atoms with Gasteiger partial charge in [0.15, 0.2) is 0 Å². The number of rotatable bonds is 7. The molecule has 3 aromatic carbocycles.